The molecule has 1 saturated carbocycles. The highest BCUT2D eigenvalue weighted by atomic mass is 19.1. The van der Waals surface area contributed by atoms with E-state index in [0.717, 1.165) is 38.6 Å². The van der Waals surface area contributed by atoms with E-state index in [9.17, 15) is 9.18 Å². The molecule has 1 aliphatic heterocycles. The van der Waals surface area contributed by atoms with Gasteiger partial charge in [0.1, 0.15) is 11.6 Å². The van der Waals surface area contributed by atoms with Crippen LogP contribution in [0.2, 0.25) is 0 Å². The Bertz CT molecular complexity index is 742. The van der Waals surface area contributed by atoms with Crippen LogP contribution >= 0.6 is 0 Å². The molecule has 25 heavy (non-hydrogen) atoms. The molecule has 0 spiro atoms. The van der Waals surface area contributed by atoms with Gasteiger partial charge in [-0.15, -0.1) is 0 Å². The SMILES string of the molecule is O=C(C1CCC1)N1CCCC1c1noc(COc2ccc(F)cc2)n1. The predicted octanol–water partition coefficient (Wildman–Crippen LogP) is 3.25. The molecule has 2 aromatic rings. The van der Waals surface area contributed by atoms with Crippen LogP contribution in [0.3, 0.4) is 0 Å². The maximum Gasteiger partial charge on any atom is 0.264 e. The van der Waals surface area contributed by atoms with E-state index in [0.29, 0.717) is 17.5 Å². The normalized spacial score (nSPS) is 20.5. The van der Waals surface area contributed by atoms with Crippen LogP contribution in [0.4, 0.5) is 4.39 Å². The summed E-state index contributed by atoms with van der Waals surface area (Å²) in [4.78, 5) is 18.8. The van der Waals surface area contributed by atoms with E-state index in [1.54, 1.807) is 12.1 Å². The molecule has 4 rings (SSSR count). The van der Waals surface area contributed by atoms with E-state index < -0.39 is 0 Å². The van der Waals surface area contributed by atoms with E-state index in [-0.39, 0.29) is 30.3 Å². The number of hydrogen-bond acceptors (Lipinski definition) is 5. The molecule has 2 aliphatic rings. The number of ether oxygens (including phenoxy) is 1. The van der Waals surface area contributed by atoms with Crippen LogP contribution in [0.5, 0.6) is 5.75 Å². The summed E-state index contributed by atoms with van der Waals surface area (Å²) in [5.41, 5.74) is 0. The Labute approximate surface area is 145 Å². The van der Waals surface area contributed by atoms with Crippen LogP contribution in [0.15, 0.2) is 28.8 Å². The summed E-state index contributed by atoms with van der Waals surface area (Å²) in [5.74, 6) is 1.51. The van der Waals surface area contributed by atoms with Gasteiger partial charge in [0.25, 0.3) is 5.89 Å². The fourth-order valence-corrected chi connectivity index (χ4v) is 3.33. The average Bonchev–Trinajstić information content (AvgIpc) is 3.21. The van der Waals surface area contributed by atoms with Gasteiger partial charge in [-0.05, 0) is 49.9 Å². The van der Waals surface area contributed by atoms with Crippen molar-refractivity contribution in [2.24, 2.45) is 5.92 Å². The lowest BCUT2D eigenvalue weighted by Gasteiger charge is -2.31. The summed E-state index contributed by atoms with van der Waals surface area (Å²) in [5, 5.41) is 4.04. The number of carbonyl (C=O) groups excluding carboxylic acids is 1. The number of amides is 1. The molecule has 7 heteroatoms. The zero-order valence-electron chi connectivity index (χ0n) is 13.9. The molecule has 1 saturated heterocycles. The highest BCUT2D eigenvalue weighted by molar-refractivity contribution is 5.80. The molecule has 6 nitrogen and oxygen atoms in total. The van der Waals surface area contributed by atoms with Crippen molar-refractivity contribution in [1.29, 1.82) is 0 Å². The van der Waals surface area contributed by atoms with Gasteiger partial charge < -0.3 is 14.2 Å². The first-order chi connectivity index (χ1) is 12.2. The minimum Gasteiger partial charge on any atom is -0.484 e. The number of benzene rings is 1. The van der Waals surface area contributed by atoms with Crippen molar-refractivity contribution in [3.63, 3.8) is 0 Å². The Balaban J connectivity index is 1.39. The third-order valence-corrected chi connectivity index (χ3v) is 4.95. The van der Waals surface area contributed by atoms with Gasteiger partial charge >= 0.3 is 0 Å². The summed E-state index contributed by atoms with van der Waals surface area (Å²) in [6, 6.07) is 5.65. The zero-order chi connectivity index (χ0) is 17.2. The molecule has 132 valence electrons. The van der Waals surface area contributed by atoms with E-state index in [1.165, 1.54) is 12.1 Å². The number of aromatic nitrogens is 2. The number of hydrogen-bond donors (Lipinski definition) is 0. The van der Waals surface area contributed by atoms with E-state index in [1.807, 2.05) is 4.90 Å². The lowest BCUT2D eigenvalue weighted by atomic mass is 9.84. The van der Waals surface area contributed by atoms with Crippen LogP contribution in [0.25, 0.3) is 0 Å². The fraction of sp³-hybridized carbons (Fsp3) is 0.500. The van der Waals surface area contributed by atoms with Gasteiger partial charge in [-0.1, -0.05) is 11.6 Å². The first-order valence-electron chi connectivity index (χ1n) is 8.72. The van der Waals surface area contributed by atoms with Crippen molar-refractivity contribution >= 4 is 5.91 Å². The second-order valence-electron chi connectivity index (χ2n) is 6.61. The quantitative estimate of drug-likeness (QED) is 0.832. The third kappa shape index (κ3) is 3.36. The zero-order valence-corrected chi connectivity index (χ0v) is 13.9. The monoisotopic (exact) mass is 345 g/mol. The number of rotatable bonds is 5. The molecule has 1 aliphatic carbocycles. The molecule has 1 atom stereocenters. The average molecular weight is 345 g/mol. The highest BCUT2D eigenvalue weighted by Gasteiger charge is 2.38. The minimum atomic E-state index is -0.315. The molecule has 2 fully saturated rings. The van der Waals surface area contributed by atoms with Gasteiger partial charge in [-0.2, -0.15) is 4.98 Å². The summed E-state index contributed by atoms with van der Waals surface area (Å²) in [6.07, 6.45) is 4.94. The molecule has 1 aromatic carbocycles. The Morgan fingerprint density at radius 1 is 1.24 bits per heavy atom. The molecule has 1 aromatic heterocycles. The van der Waals surface area contributed by atoms with Crippen LogP contribution in [0, 0.1) is 11.7 Å². The number of halogens is 1. The second kappa shape index (κ2) is 6.82. The lowest BCUT2D eigenvalue weighted by molar-refractivity contribution is -0.139. The first-order valence-corrected chi connectivity index (χ1v) is 8.72. The van der Waals surface area contributed by atoms with Gasteiger partial charge in [0.2, 0.25) is 5.91 Å². The number of likely N-dealkylation sites (tertiary alicyclic amines) is 1. The van der Waals surface area contributed by atoms with Gasteiger partial charge in [-0.3, -0.25) is 4.79 Å². The predicted molar refractivity (Wildman–Crippen MR) is 86.1 cm³/mol. The molecular formula is C18H20FN3O3. The standard InChI is InChI=1S/C18H20FN3O3/c19-13-6-8-14(9-7-13)24-11-16-20-17(21-25-16)15-5-2-10-22(15)18(23)12-3-1-4-12/h6-9,12,15H,1-5,10-11H2. The maximum absolute atomic E-state index is 12.9. The van der Waals surface area contributed by atoms with Crippen molar-refractivity contribution in [3.8, 4) is 5.75 Å². The van der Waals surface area contributed by atoms with E-state index >= 15 is 0 Å². The van der Waals surface area contributed by atoms with Crippen LogP contribution < -0.4 is 4.74 Å². The van der Waals surface area contributed by atoms with Crippen LogP contribution in [0.1, 0.15) is 49.9 Å². The van der Waals surface area contributed by atoms with Gasteiger partial charge in [-0.25, -0.2) is 4.39 Å². The molecule has 0 N–H and O–H groups in total. The molecule has 2 heterocycles. The highest BCUT2D eigenvalue weighted by Crippen LogP contribution is 2.36. The lowest BCUT2D eigenvalue weighted by Crippen LogP contribution is -2.38. The summed E-state index contributed by atoms with van der Waals surface area (Å²) in [6.45, 7) is 0.873. The topological polar surface area (TPSA) is 68.5 Å². The molecule has 1 unspecified atom stereocenters. The summed E-state index contributed by atoms with van der Waals surface area (Å²) < 4.78 is 23.7. The fourth-order valence-electron chi connectivity index (χ4n) is 3.33. The van der Waals surface area contributed by atoms with Gasteiger partial charge in [0, 0.05) is 12.5 Å². The largest absolute Gasteiger partial charge is 0.484 e. The Morgan fingerprint density at radius 3 is 2.76 bits per heavy atom. The second-order valence-corrected chi connectivity index (χ2v) is 6.61. The first kappa shape index (κ1) is 16.1. The van der Waals surface area contributed by atoms with E-state index in [4.69, 9.17) is 9.26 Å². The minimum absolute atomic E-state index is 0.101. The molecule has 0 bridgehead atoms. The van der Waals surface area contributed by atoms with Crippen molar-refractivity contribution in [2.45, 2.75) is 44.8 Å². The summed E-state index contributed by atoms with van der Waals surface area (Å²) in [7, 11) is 0. The van der Waals surface area contributed by atoms with Crippen molar-refractivity contribution in [3.05, 3.63) is 41.8 Å². The number of carbonyl (C=O) groups is 1. The smallest absolute Gasteiger partial charge is 0.264 e. The van der Waals surface area contributed by atoms with Crippen LogP contribution in [-0.2, 0) is 11.4 Å². The Morgan fingerprint density at radius 2 is 2.04 bits per heavy atom. The summed E-state index contributed by atoms with van der Waals surface area (Å²) >= 11 is 0. The van der Waals surface area contributed by atoms with Gasteiger partial charge in [0.15, 0.2) is 12.4 Å². The van der Waals surface area contributed by atoms with E-state index in [2.05, 4.69) is 10.1 Å². The Kier molecular flexibility index (Phi) is 4.38. The molecular weight excluding hydrogens is 325 g/mol. The maximum atomic E-state index is 12.9. The molecule has 0 radical (unpaired) electrons. The third-order valence-electron chi connectivity index (χ3n) is 4.95. The van der Waals surface area contributed by atoms with Crippen molar-refractivity contribution < 1.29 is 18.4 Å². The van der Waals surface area contributed by atoms with Crippen molar-refractivity contribution in [2.75, 3.05) is 6.54 Å². The molecule has 1 amide bonds. The number of nitrogens with zero attached hydrogens (tertiary/aromatic N) is 3. The van der Waals surface area contributed by atoms with Gasteiger partial charge in [0.05, 0.1) is 6.04 Å². The van der Waals surface area contributed by atoms with Crippen LogP contribution in [-0.4, -0.2) is 27.5 Å². The van der Waals surface area contributed by atoms with Crippen molar-refractivity contribution in [1.82, 2.24) is 15.0 Å². The Hall–Kier alpha value is -2.44.